The number of ether oxygens (including phenoxy) is 1. The summed E-state index contributed by atoms with van der Waals surface area (Å²) in [5, 5.41) is 0.698. The van der Waals surface area contributed by atoms with Crippen LogP contribution in [0.3, 0.4) is 0 Å². The molecule has 2 atom stereocenters. The van der Waals surface area contributed by atoms with Gasteiger partial charge in [0.1, 0.15) is 5.75 Å². The van der Waals surface area contributed by atoms with Gasteiger partial charge < -0.3 is 9.29 Å². The number of likely N-dealkylation sites (tertiary alicyclic amines) is 1. The molecular weight excluding hydrogens is 473 g/mol. The van der Waals surface area contributed by atoms with Crippen molar-refractivity contribution in [2.24, 2.45) is 0 Å². The SMILES string of the molecule is [O-][S+](N[C@@H]1CCN(Cc2ccc(-c3cccc(Cl)c3)cc2)C1)c1cccc(OC(F)(F)F)c1. The fraction of sp³-hybridized carbons (Fsp3) is 0.250. The Kier molecular flexibility index (Phi) is 7.51. The highest BCUT2D eigenvalue weighted by atomic mass is 35.5. The van der Waals surface area contributed by atoms with Gasteiger partial charge >= 0.3 is 6.36 Å². The molecule has 1 N–H and O–H groups in total. The lowest BCUT2D eigenvalue weighted by Gasteiger charge is -2.18. The van der Waals surface area contributed by atoms with Gasteiger partial charge in [-0.05, 0) is 47.4 Å². The van der Waals surface area contributed by atoms with E-state index >= 15 is 0 Å². The molecule has 4 nitrogen and oxygen atoms in total. The Morgan fingerprint density at radius 3 is 2.52 bits per heavy atom. The molecule has 0 bridgehead atoms. The van der Waals surface area contributed by atoms with Gasteiger partial charge in [0, 0.05) is 30.7 Å². The van der Waals surface area contributed by atoms with Crippen molar-refractivity contribution in [3.05, 3.63) is 83.4 Å². The largest absolute Gasteiger partial charge is 0.593 e. The van der Waals surface area contributed by atoms with Crippen LogP contribution in [0.15, 0.2) is 77.7 Å². The molecule has 0 radical (unpaired) electrons. The Bertz CT molecular complexity index is 1080. The van der Waals surface area contributed by atoms with E-state index in [1.807, 2.05) is 24.3 Å². The van der Waals surface area contributed by atoms with Crippen LogP contribution in [0.2, 0.25) is 5.02 Å². The third-order valence-corrected chi connectivity index (χ3v) is 6.78. The van der Waals surface area contributed by atoms with Crippen molar-refractivity contribution >= 4 is 23.0 Å². The van der Waals surface area contributed by atoms with Crippen molar-refractivity contribution < 1.29 is 22.5 Å². The van der Waals surface area contributed by atoms with Crippen molar-refractivity contribution in [2.45, 2.75) is 30.3 Å². The number of halogens is 4. The van der Waals surface area contributed by atoms with Crippen molar-refractivity contribution in [1.29, 1.82) is 0 Å². The van der Waals surface area contributed by atoms with Crippen molar-refractivity contribution in [2.75, 3.05) is 13.1 Å². The maximum Gasteiger partial charge on any atom is 0.573 e. The summed E-state index contributed by atoms with van der Waals surface area (Å²) in [4.78, 5) is 2.50. The second-order valence-corrected chi connectivity index (χ2v) is 9.52. The first-order chi connectivity index (χ1) is 15.7. The van der Waals surface area contributed by atoms with Crippen LogP contribution in [0, 0.1) is 0 Å². The number of rotatable bonds is 7. The van der Waals surface area contributed by atoms with Crippen LogP contribution in [0.25, 0.3) is 11.1 Å². The summed E-state index contributed by atoms with van der Waals surface area (Å²) in [7, 11) is 0. The smallest absolute Gasteiger partial charge is 0.573 e. The molecule has 1 fully saturated rings. The van der Waals surface area contributed by atoms with E-state index < -0.39 is 17.7 Å². The highest BCUT2D eigenvalue weighted by Gasteiger charge is 2.32. The van der Waals surface area contributed by atoms with Crippen LogP contribution < -0.4 is 9.46 Å². The first-order valence-electron chi connectivity index (χ1n) is 10.4. The molecule has 174 valence electrons. The van der Waals surface area contributed by atoms with Gasteiger partial charge in [-0.25, -0.2) is 0 Å². The third-order valence-electron chi connectivity index (χ3n) is 5.32. The molecule has 1 saturated heterocycles. The molecule has 0 spiro atoms. The number of benzene rings is 3. The summed E-state index contributed by atoms with van der Waals surface area (Å²) in [5.41, 5.74) is 3.32. The molecule has 0 saturated carbocycles. The molecule has 0 aromatic heterocycles. The monoisotopic (exact) mass is 494 g/mol. The second-order valence-electron chi connectivity index (χ2n) is 7.84. The summed E-state index contributed by atoms with van der Waals surface area (Å²) in [6, 6.07) is 21.2. The number of alkyl halides is 3. The third kappa shape index (κ3) is 6.88. The first-order valence-corrected chi connectivity index (χ1v) is 11.9. The summed E-state index contributed by atoms with van der Waals surface area (Å²) in [5.74, 6) is -0.385. The standard InChI is InChI=1S/C24H22ClF3N2O2S/c25-20-4-1-3-19(13-20)18-9-7-17(8-10-18)15-30-12-11-21(16-30)29-33(31)23-6-2-5-22(14-23)32-24(26,27)28/h1-10,13-14,21,29H,11-12,15-16H2/t21-,33?/m1/s1. The zero-order chi connectivity index (χ0) is 23.4. The van der Waals surface area contributed by atoms with Crippen LogP contribution in [-0.2, 0) is 17.9 Å². The van der Waals surface area contributed by atoms with Gasteiger partial charge in [0.2, 0.25) is 0 Å². The van der Waals surface area contributed by atoms with E-state index in [4.69, 9.17) is 11.6 Å². The van der Waals surface area contributed by atoms with Crippen LogP contribution in [0.5, 0.6) is 5.75 Å². The number of nitrogens with one attached hydrogen (secondary N) is 1. The molecule has 3 aromatic carbocycles. The quantitative estimate of drug-likeness (QED) is 0.422. The molecule has 33 heavy (non-hydrogen) atoms. The summed E-state index contributed by atoms with van der Waals surface area (Å²) in [6.45, 7) is 2.29. The Morgan fingerprint density at radius 1 is 1.03 bits per heavy atom. The van der Waals surface area contributed by atoms with Gasteiger partial charge in [-0.3, -0.25) is 4.90 Å². The maximum absolute atomic E-state index is 12.6. The molecule has 3 aromatic rings. The molecule has 1 heterocycles. The zero-order valence-electron chi connectivity index (χ0n) is 17.5. The average Bonchev–Trinajstić information content (AvgIpc) is 3.20. The molecule has 1 unspecified atom stereocenters. The van der Waals surface area contributed by atoms with Crippen LogP contribution >= 0.6 is 11.6 Å². The van der Waals surface area contributed by atoms with Crippen molar-refractivity contribution in [3.63, 3.8) is 0 Å². The minimum Gasteiger partial charge on any atom is -0.593 e. The number of hydrogen-bond acceptors (Lipinski definition) is 4. The Balaban J connectivity index is 1.30. The predicted octanol–water partition coefficient (Wildman–Crippen LogP) is 5.79. The van der Waals surface area contributed by atoms with E-state index in [0.717, 1.165) is 36.7 Å². The lowest BCUT2D eigenvalue weighted by atomic mass is 10.0. The van der Waals surface area contributed by atoms with Crippen LogP contribution in [-0.4, -0.2) is 34.9 Å². The fourth-order valence-corrected chi connectivity index (χ4v) is 5.05. The number of hydrogen-bond donors (Lipinski definition) is 1. The van der Waals surface area contributed by atoms with Gasteiger partial charge in [-0.2, -0.15) is 0 Å². The minimum atomic E-state index is -4.79. The maximum atomic E-state index is 12.6. The zero-order valence-corrected chi connectivity index (χ0v) is 19.1. The van der Waals surface area contributed by atoms with Gasteiger partial charge in [0.25, 0.3) is 0 Å². The van der Waals surface area contributed by atoms with Crippen LogP contribution in [0.4, 0.5) is 13.2 Å². The van der Waals surface area contributed by atoms with E-state index in [-0.39, 0.29) is 16.7 Å². The fourth-order valence-electron chi connectivity index (χ4n) is 3.81. The average molecular weight is 495 g/mol. The topological polar surface area (TPSA) is 47.6 Å². The van der Waals surface area contributed by atoms with Crippen molar-refractivity contribution in [3.8, 4) is 16.9 Å². The number of nitrogens with zero attached hydrogens (tertiary/aromatic N) is 1. The molecule has 1 aliphatic heterocycles. The Hall–Kier alpha value is -2.23. The van der Waals surface area contributed by atoms with E-state index in [1.165, 1.54) is 23.8 Å². The molecule has 0 aliphatic carbocycles. The molecular formula is C24H22ClF3N2O2S. The molecule has 9 heteroatoms. The van der Waals surface area contributed by atoms with Gasteiger partial charge in [-0.1, -0.05) is 54.1 Å². The van der Waals surface area contributed by atoms with Gasteiger partial charge in [0.15, 0.2) is 4.90 Å². The van der Waals surface area contributed by atoms with E-state index in [9.17, 15) is 17.7 Å². The van der Waals surface area contributed by atoms with E-state index in [1.54, 1.807) is 0 Å². The Labute approximate surface area is 198 Å². The Morgan fingerprint density at radius 2 is 1.79 bits per heavy atom. The normalized spacial score (nSPS) is 17.8. The van der Waals surface area contributed by atoms with E-state index in [2.05, 4.69) is 38.6 Å². The summed E-state index contributed by atoms with van der Waals surface area (Å²) >= 11 is 4.44. The molecule has 0 amide bonds. The van der Waals surface area contributed by atoms with Gasteiger partial charge in [0.05, 0.1) is 17.4 Å². The summed E-state index contributed by atoms with van der Waals surface area (Å²) < 4.78 is 56.8. The lowest BCUT2D eigenvalue weighted by Crippen LogP contribution is -2.37. The summed E-state index contributed by atoms with van der Waals surface area (Å²) in [6.07, 6.45) is -3.99. The molecule has 4 rings (SSSR count). The van der Waals surface area contributed by atoms with E-state index in [0.29, 0.717) is 11.6 Å². The minimum absolute atomic E-state index is 0.0243. The highest BCUT2D eigenvalue weighted by molar-refractivity contribution is 7.89. The first kappa shape index (κ1) is 23.9. The lowest BCUT2D eigenvalue weighted by molar-refractivity contribution is -0.274. The van der Waals surface area contributed by atoms with Crippen molar-refractivity contribution in [1.82, 2.24) is 9.62 Å². The second kappa shape index (κ2) is 10.4. The predicted molar refractivity (Wildman–Crippen MR) is 123 cm³/mol. The molecule has 1 aliphatic rings. The van der Waals surface area contributed by atoms with Crippen LogP contribution in [0.1, 0.15) is 12.0 Å². The highest BCUT2D eigenvalue weighted by Crippen LogP contribution is 2.26. The van der Waals surface area contributed by atoms with Gasteiger partial charge in [-0.15, -0.1) is 17.9 Å².